The number of carboxylic acid groups (broad SMARTS) is 1. The highest BCUT2D eigenvalue weighted by Gasteiger charge is 2.44. The van der Waals surface area contributed by atoms with E-state index in [1.807, 2.05) is 24.3 Å². The summed E-state index contributed by atoms with van der Waals surface area (Å²) in [4.78, 5) is 36.1. The summed E-state index contributed by atoms with van der Waals surface area (Å²) in [7, 11) is 0. The van der Waals surface area contributed by atoms with Gasteiger partial charge in [0.05, 0.1) is 5.92 Å². The second kappa shape index (κ2) is 9.49. The van der Waals surface area contributed by atoms with Crippen LogP contribution in [-0.4, -0.2) is 42.3 Å². The van der Waals surface area contributed by atoms with Gasteiger partial charge in [0.15, 0.2) is 0 Å². The molecule has 4 atom stereocenters. The van der Waals surface area contributed by atoms with Gasteiger partial charge in [0.1, 0.15) is 6.61 Å². The van der Waals surface area contributed by atoms with Crippen molar-refractivity contribution in [3.8, 4) is 11.1 Å². The fourth-order valence-corrected chi connectivity index (χ4v) is 5.51. The molecule has 0 bridgehead atoms. The van der Waals surface area contributed by atoms with Gasteiger partial charge in [-0.05, 0) is 53.9 Å². The highest BCUT2D eigenvalue weighted by molar-refractivity contribution is 5.82. The minimum Gasteiger partial charge on any atom is -0.481 e. The van der Waals surface area contributed by atoms with Crippen LogP contribution in [0.2, 0.25) is 0 Å². The Morgan fingerprint density at radius 2 is 1.62 bits per heavy atom. The van der Waals surface area contributed by atoms with Crippen molar-refractivity contribution in [1.29, 1.82) is 0 Å². The molecule has 0 aliphatic heterocycles. The first-order chi connectivity index (χ1) is 16.5. The van der Waals surface area contributed by atoms with Crippen LogP contribution < -0.4 is 10.6 Å². The molecule has 2 amide bonds. The topological polar surface area (TPSA) is 105 Å². The molecule has 5 rings (SSSR count). The van der Waals surface area contributed by atoms with E-state index in [2.05, 4.69) is 34.9 Å². The molecule has 3 aliphatic carbocycles. The Morgan fingerprint density at radius 1 is 0.941 bits per heavy atom. The third kappa shape index (κ3) is 4.65. The van der Waals surface area contributed by atoms with Gasteiger partial charge in [0, 0.05) is 24.4 Å². The van der Waals surface area contributed by atoms with Crippen molar-refractivity contribution in [2.75, 3.05) is 13.2 Å². The predicted molar refractivity (Wildman–Crippen MR) is 126 cm³/mol. The second-order valence-electron chi connectivity index (χ2n) is 9.72. The lowest BCUT2D eigenvalue weighted by atomic mass is 9.85. The van der Waals surface area contributed by atoms with Crippen molar-refractivity contribution < 1.29 is 24.2 Å². The Morgan fingerprint density at radius 3 is 2.29 bits per heavy atom. The van der Waals surface area contributed by atoms with Crippen LogP contribution >= 0.6 is 0 Å². The summed E-state index contributed by atoms with van der Waals surface area (Å²) < 4.78 is 5.56. The molecule has 0 radical (unpaired) electrons. The van der Waals surface area contributed by atoms with Gasteiger partial charge < -0.3 is 20.5 Å². The summed E-state index contributed by atoms with van der Waals surface area (Å²) in [6.07, 6.45) is 3.08. The molecule has 0 aromatic heterocycles. The first-order valence-corrected chi connectivity index (χ1v) is 12.1. The normalized spacial score (nSPS) is 25.1. The van der Waals surface area contributed by atoms with Crippen molar-refractivity contribution in [3.05, 3.63) is 59.7 Å². The van der Waals surface area contributed by atoms with E-state index in [1.54, 1.807) is 0 Å². The molecular weight excluding hydrogens is 432 g/mol. The zero-order valence-electron chi connectivity index (χ0n) is 19.0. The lowest BCUT2D eigenvalue weighted by Crippen LogP contribution is -2.41. The van der Waals surface area contributed by atoms with E-state index in [0.717, 1.165) is 19.3 Å². The number of carbonyl (C=O) groups excluding carboxylic acids is 2. The van der Waals surface area contributed by atoms with Crippen molar-refractivity contribution in [3.63, 3.8) is 0 Å². The van der Waals surface area contributed by atoms with E-state index in [1.165, 1.54) is 22.3 Å². The van der Waals surface area contributed by atoms with Crippen LogP contribution in [0.3, 0.4) is 0 Å². The van der Waals surface area contributed by atoms with Crippen LogP contribution in [0, 0.1) is 17.8 Å². The monoisotopic (exact) mass is 462 g/mol. The molecule has 34 heavy (non-hydrogen) atoms. The Balaban J connectivity index is 1.07. The number of carbonyl (C=O) groups is 3. The van der Waals surface area contributed by atoms with Gasteiger partial charge in [-0.1, -0.05) is 55.0 Å². The van der Waals surface area contributed by atoms with Gasteiger partial charge in [-0.25, -0.2) is 4.79 Å². The van der Waals surface area contributed by atoms with E-state index in [0.29, 0.717) is 19.4 Å². The second-order valence-corrected chi connectivity index (χ2v) is 9.72. The maximum atomic E-state index is 12.5. The fraction of sp³-hybridized carbons (Fsp3) is 0.444. The molecule has 2 saturated carbocycles. The zero-order chi connectivity index (χ0) is 23.7. The Labute approximate surface area is 198 Å². The number of aliphatic carboxylic acids is 1. The zero-order valence-corrected chi connectivity index (χ0v) is 19.0. The van der Waals surface area contributed by atoms with Gasteiger partial charge in [0.2, 0.25) is 5.91 Å². The number of amides is 2. The summed E-state index contributed by atoms with van der Waals surface area (Å²) >= 11 is 0. The Hall–Kier alpha value is -3.35. The number of hydrogen-bond acceptors (Lipinski definition) is 4. The molecule has 2 aromatic carbocycles. The molecule has 4 unspecified atom stereocenters. The largest absolute Gasteiger partial charge is 0.481 e. The summed E-state index contributed by atoms with van der Waals surface area (Å²) in [5.41, 5.74) is 4.71. The number of ether oxygens (including phenoxy) is 1. The summed E-state index contributed by atoms with van der Waals surface area (Å²) in [6.45, 7) is 0.665. The molecule has 2 fully saturated rings. The van der Waals surface area contributed by atoms with E-state index in [-0.39, 0.29) is 42.2 Å². The van der Waals surface area contributed by atoms with Crippen molar-refractivity contribution in [1.82, 2.24) is 10.6 Å². The summed E-state index contributed by atoms with van der Waals surface area (Å²) in [5, 5.41) is 15.0. The highest BCUT2D eigenvalue weighted by atomic mass is 16.5. The molecule has 7 heteroatoms. The maximum absolute atomic E-state index is 12.5. The predicted octanol–water partition coefficient (Wildman–Crippen LogP) is 3.92. The molecule has 3 N–H and O–H groups in total. The molecule has 0 spiro atoms. The smallest absolute Gasteiger partial charge is 0.407 e. The number of hydrogen-bond donors (Lipinski definition) is 3. The van der Waals surface area contributed by atoms with Gasteiger partial charge >= 0.3 is 12.1 Å². The quantitative estimate of drug-likeness (QED) is 0.579. The van der Waals surface area contributed by atoms with Gasteiger partial charge in [0.25, 0.3) is 0 Å². The minimum absolute atomic E-state index is 0.0164. The first-order valence-electron chi connectivity index (χ1n) is 12.1. The maximum Gasteiger partial charge on any atom is 0.407 e. The molecule has 3 aliphatic rings. The Kier molecular flexibility index (Phi) is 6.26. The number of carboxylic acids is 1. The van der Waals surface area contributed by atoms with Crippen molar-refractivity contribution in [2.24, 2.45) is 17.8 Å². The molecule has 0 saturated heterocycles. The molecule has 0 heterocycles. The first kappa shape index (κ1) is 22.4. The van der Waals surface area contributed by atoms with Gasteiger partial charge in [-0.2, -0.15) is 0 Å². The van der Waals surface area contributed by atoms with Gasteiger partial charge in [-0.3, -0.25) is 9.59 Å². The third-order valence-corrected chi connectivity index (χ3v) is 7.48. The number of nitrogens with one attached hydrogen (secondary N) is 2. The van der Waals surface area contributed by atoms with Crippen molar-refractivity contribution >= 4 is 18.0 Å². The fourth-order valence-electron chi connectivity index (χ4n) is 5.51. The lowest BCUT2D eigenvalue weighted by molar-refractivity contribution is -0.143. The molecule has 2 aromatic rings. The van der Waals surface area contributed by atoms with Crippen LogP contribution in [0.25, 0.3) is 11.1 Å². The van der Waals surface area contributed by atoms with Crippen LogP contribution in [0.4, 0.5) is 4.79 Å². The standard InChI is InChI=1S/C27H30N2O5/c30-25(29-18-7-5-6-16(12-18)26(31)32)23-13-17(23)14-28-27(33)34-15-24-21-10-3-1-8-19(21)20-9-2-4-11-22(20)24/h1-4,8-11,16-18,23-24H,5-7,12-15H2,(H,28,33)(H,29,30)(H,31,32). The third-order valence-electron chi connectivity index (χ3n) is 7.48. The molecule has 7 nitrogen and oxygen atoms in total. The van der Waals surface area contributed by atoms with Crippen LogP contribution in [0.5, 0.6) is 0 Å². The number of benzene rings is 2. The average molecular weight is 463 g/mol. The number of alkyl carbamates (subject to hydrolysis) is 1. The number of rotatable bonds is 7. The van der Waals surface area contributed by atoms with Crippen LogP contribution in [0.15, 0.2) is 48.5 Å². The lowest BCUT2D eigenvalue weighted by Gasteiger charge is -2.27. The van der Waals surface area contributed by atoms with E-state index >= 15 is 0 Å². The van der Waals surface area contributed by atoms with E-state index in [9.17, 15) is 19.5 Å². The molecule has 178 valence electrons. The SMILES string of the molecule is O=C(NCC1CC1C(=O)NC1CCCC(C(=O)O)C1)OCC1c2ccccc2-c2ccccc21. The van der Waals surface area contributed by atoms with Gasteiger partial charge in [-0.15, -0.1) is 0 Å². The minimum atomic E-state index is -0.782. The highest BCUT2D eigenvalue weighted by Crippen LogP contribution is 2.44. The van der Waals surface area contributed by atoms with Crippen molar-refractivity contribution in [2.45, 2.75) is 44.1 Å². The van der Waals surface area contributed by atoms with E-state index in [4.69, 9.17) is 4.74 Å². The van der Waals surface area contributed by atoms with E-state index < -0.39 is 12.1 Å². The summed E-state index contributed by atoms with van der Waals surface area (Å²) in [6, 6.07) is 16.3. The Bertz CT molecular complexity index is 1050. The number of fused-ring (bicyclic) bond motifs is 3. The average Bonchev–Trinajstić information content (AvgIpc) is 3.57. The summed E-state index contributed by atoms with van der Waals surface area (Å²) in [5.74, 6) is -1.20. The van der Waals surface area contributed by atoms with Crippen LogP contribution in [-0.2, 0) is 14.3 Å². The van der Waals surface area contributed by atoms with Crippen LogP contribution in [0.1, 0.15) is 49.1 Å². The molecular formula is C27H30N2O5.